The number of guanidine groups is 1. The van der Waals surface area contributed by atoms with Crippen LogP contribution in [-0.2, 0) is 20.9 Å². The summed E-state index contributed by atoms with van der Waals surface area (Å²) in [4.78, 5) is 45.3. The molecule has 2 aromatic carbocycles. The molecule has 0 unspecified atom stereocenters. The number of amides is 2. The van der Waals surface area contributed by atoms with E-state index in [-0.39, 0.29) is 30.4 Å². The topological polar surface area (TPSA) is 101 Å². The number of carbonyl (C=O) groups is 3. The molecule has 5 rings (SSSR count). The van der Waals surface area contributed by atoms with Crippen LogP contribution in [0.5, 0.6) is 5.75 Å². The van der Waals surface area contributed by atoms with E-state index in [2.05, 4.69) is 10.3 Å². The molecule has 1 aliphatic carbocycles. The maximum atomic E-state index is 13.1. The number of carbonyl (C=O) groups excluding carboxylic acids is 3. The largest absolute Gasteiger partial charge is 0.494 e. The van der Waals surface area contributed by atoms with E-state index in [0.717, 1.165) is 42.7 Å². The fourth-order valence-corrected chi connectivity index (χ4v) is 5.11. The second kappa shape index (κ2) is 11.5. The van der Waals surface area contributed by atoms with Gasteiger partial charge in [0.05, 0.1) is 24.4 Å². The zero-order valence-corrected chi connectivity index (χ0v) is 20.9. The average Bonchev–Trinajstić information content (AvgIpc) is 3.56. The lowest BCUT2D eigenvalue weighted by Gasteiger charge is -2.29. The van der Waals surface area contributed by atoms with Crippen molar-refractivity contribution in [1.29, 1.82) is 0 Å². The standard InChI is InChI=1S/C28H32N4O5/c33-25-19-31-18-21-17-23(12-13-24(21)29-28(31)30-25)36-15-6-11-26(34)32(22-9-4-5-10-22)14-16-37-27(35)20-7-2-1-3-8-20/h1-3,7-8,12-13,17,22H,4-6,9-11,14-16,18-19H2,(H,29,30,33). The van der Waals surface area contributed by atoms with E-state index < -0.39 is 0 Å². The van der Waals surface area contributed by atoms with Gasteiger partial charge < -0.3 is 19.3 Å². The molecule has 0 spiro atoms. The average molecular weight is 505 g/mol. The smallest absolute Gasteiger partial charge is 0.338 e. The van der Waals surface area contributed by atoms with Crippen molar-refractivity contribution in [3.63, 3.8) is 0 Å². The Hall–Kier alpha value is -3.88. The van der Waals surface area contributed by atoms with Crippen LogP contribution in [0.3, 0.4) is 0 Å². The molecule has 0 radical (unpaired) electrons. The fraction of sp³-hybridized carbons (Fsp3) is 0.429. The summed E-state index contributed by atoms with van der Waals surface area (Å²) in [5.74, 6) is 0.987. The van der Waals surface area contributed by atoms with Crippen molar-refractivity contribution in [2.75, 3.05) is 26.3 Å². The molecular weight excluding hydrogens is 472 g/mol. The van der Waals surface area contributed by atoms with Gasteiger partial charge in [-0.3, -0.25) is 14.9 Å². The van der Waals surface area contributed by atoms with E-state index in [1.807, 2.05) is 34.1 Å². The quantitative estimate of drug-likeness (QED) is 0.393. The van der Waals surface area contributed by atoms with E-state index in [4.69, 9.17) is 9.47 Å². The van der Waals surface area contributed by atoms with Gasteiger partial charge in [-0.05, 0) is 49.6 Å². The Balaban J connectivity index is 1.09. The van der Waals surface area contributed by atoms with Crippen LogP contribution >= 0.6 is 0 Å². The van der Waals surface area contributed by atoms with Crippen molar-refractivity contribution in [2.24, 2.45) is 4.99 Å². The van der Waals surface area contributed by atoms with Gasteiger partial charge in [-0.15, -0.1) is 0 Å². The number of hydrogen-bond acceptors (Lipinski definition) is 7. The highest BCUT2D eigenvalue weighted by Gasteiger charge is 2.29. The molecule has 9 nitrogen and oxygen atoms in total. The van der Waals surface area contributed by atoms with Gasteiger partial charge >= 0.3 is 5.97 Å². The number of benzene rings is 2. The van der Waals surface area contributed by atoms with Crippen LogP contribution in [0.2, 0.25) is 0 Å². The highest BCUT2D eigenvalue weighted by molar-refractivity contribution is 6.05. The maximum Gasteiger partial charge on any atom is 0.338 e. The highest BCUT2D eigenvalue weighted by atomic mass is 16.5. The zero-order chi connectivity index (χ0) is 25.6. The molecule has 0 aromatic heterocycles. The van der Waals surface area contributed by atoms with Crippen LogP contribution in [0.4, 0.5) is 5.69 Å². The van der Waals surface area contributed by atoms with E-state index in [9.17, 15) is 14.4 Å². The predicted molar refractivity (Wildman–Crippen MR) is 138 cm³/mol. The summed E-state index contributed by atoms with van der Waals surface area (Å²) < 4.78 is 11.4. The van der Waals surface area contributed by atoms with Crippen LogP contribution in [0.1, 0.15) is 54.4 Å². The molecule has 1 N–H and O–H groups in total. The number of hydrogen-bond donors (Lipinski definition) is 1. The van der Waals surface area contributed by atoms with Gasteiger partial charge in [-0.1, -0.05) is 31.0 Å². The SMILES string of the molecule is O=C1CN2Cc3cc(OCCCC(=O)N(CCOC(=O)c4ccccc4)C4CCCC4)ccc3N=C2N1. The molecule has 194 valence electrons. The number of esters is 1. The number of aliphatic imine (C=N–C) groups is 1. The van der Waals surface area contributed by atoms with Gasteiger partial charge in [0, 0.05) is 24.6 Å². The van der Waals surface area contributed by atoms with E-state index in [1.54, 1.807) is 24.3 Å². The van der Waals surface area contributed by atoms with Gasteiger partial charge in [0.25, 0.3) is 0 Å². The summed E-state index contributed by atoms with van der Waals surface area (Å²) in [6, 6.07) is 14.8. The van der Waals surface area contributed by atoms with E-state index >= 15 is 0 Å². The summed E-state index contributed by atoms with van der Waals surface area (Å²) in [6.07, 6.45) is 5.19. The van der Waals surface area contributed by atoms with Crippen LogP contribution in [0.25, 0.3) is 0 Å². The van der Waals surface area contributed by atoms with E-state index in [1.165, 1.54) is 0 Å². The summed E-state index contributed by atoms with van der Waals surface area (Å²) in [5, 5.41) is 2.76. The molecule has 0 bridgehead atoms. The minimum atomic E-state index is -0.368. The Kier molecular flexibility index (Phi) is 7.67. The molecule has 9 heteroatoms. The normalized spacial score (nSPS) is 16.5. The lowest BCUT2D eigenvalue weighted by molar-refractivity contribution is -0.134. The molecule has 2 aliphatic heterocycles. The molecule has 2 fully saturated rings. The number of ether oxygens (including phenoxy) is 2. The number of fused-ring (bicyclic) bond motifs is 2. The Morgan fingerprint density at radius 1 is 1.05 bits per heavy atom. The third kappa shape index (κ3) is 6.10. The number of rotatable bonds is 10. The maximum absolute atomic E-state index is 13.1. The lowest BCUT2D eigenvalue weighted by Crippen LogP contribution is -2.41. The van der Waals surface area contributed by atoms with E-state index in [0.29, 0.717) is 50.6 Å². The first-order valence-electron chi connectivity index (χ1n) is 13.0. The van der Waals surface area contributed by atoms with Gasteiger partial charge in [-0.2, -0.15) is 0 Å². The van der Waals surface area contributed by atoms with Crippen molar-refractivity contribution in [3.05, 3.63) is 59.7 Å². The molecule has 0 atom stereocenters. The van der Waals surface area contributed by atoms with Gasteiger partial charge in [0.15, 0.2) is 0 Å². The Labute approximate surface area is 216 Å². The Morgan fingerprint density at radius 2 is 1.86 bits per heavy atom. The number of nitrogens with zero attached hydrogens (tertiary/aromatic N) is 3. The second-order valence-electron chi connectivity index (χ2n) is 9.61. The molecule has 2 heterocycles. The molecule has 3 aliphatic rings. The van der Waals surface area contributed by atoms with Crippen molar-refractivity contribution in [2.45, 2.75) is 51.1 Å². The molecule has 1 saturated heterocycles. The van der Waals surface area contributed by atoms with Crippen LogP contribution in [0, 0.1) is 0 Å². The van der Waals surface area contributed by atoms with Crippen molar-refractivity contribution in [1.82, 2.24) is 15.1 Å². The van der Waals surface area contributed by atoms with Crippen molar-refractivity contribution in [3.8, 4) is 5.75 Å². The monoisotopic (exact) mass is 504 g/mol. The first-order valence-corrected chi connectivity index (χ1v) is 13.0. The second-order valence-corrected chi connectivity index (χ2v) is 9.61. The molecule has 37 heavy (non-hydrogen) atoms. The number of nitrogens with one attached hydrogen (secondary N) is 1. The molecule has 2 aromatic rings. The molecule has 2 amide bonds. The predicted octanol–water partition coefficient (Wildman–Crippen LogP) is 3.41. The first kappa shape index (κ1) is 24.8. The third-order valence-corrected chi connectivity index (χ3v) is 6.99. The Bertz CT molecular complexity index is 1180. The van der Waals surface area contributed by atoms with Gasteiger partial charge in [-0.25, -0.2) is 9.79 Å². The molecule has 1 saturated carbocycles. The summed E-state index contributed by atoms with van der Waals surface area (Å²) in [7, 11) is 0. The van der Waals surface area contributed by atoms with Gasteiger partial charge in [0.2, 0.25) is 17.8 Å². The lowest BCUT2D eigenvalue weighted by atomic mass is 10.1. The van der Waals surface area contributed by atoms with Crippen molar-refractivity contribution < 1.29 is 23.9 Å². The van der Waals surface area contributed by atoms with Crippen LogP contribution in [0.15, 0.2) is 53.5 Å². The summed E-state index contributed by atoms with van der Waals surface area (Å²) >= 11 is 0. The minimum Gasteiger partial charge on any atom is -0.494 e. The zero-order valence-electron chi connectivity index (χ0n) is 20.9. The summed E-state index contributed by atoms with van der Waals surface area (Å²) in [6.45, 7) is 1.93. The summed E-state index contributed by atoms with van der Waals surface area (Å²) in [5.41, 5.74) is 2.35. The van der Waals surface area contributed by atoms with Crippen molar-refractivity contribution >= 4 is 29.4 Å². The minimum absolute atomic E-state index is 0.0475. The highest BCUT2D eigenvalue weighted by Crippen LogP contribution is 2.30. The van der Waals surface area contributed by atoms with Crippen LogP contribution < -0.4 is 10.1 Å². The first-order chi connectivity index (χ1) is 18.1. The molecular formula is C28H32N4O5. The Morgan fingerprint density at radius 3 is 2.68 bits per heavy atom. The fourth-order valence-electron chi connectivity index (χ4n) is 5.11. The third-order valence-electron chi connectivity index (χ3n) is 6.99. The van der Waals surface area contributed by atoms with Gasteiger partial charge in [0.1, 0.15) is 18.9 Å². The van der Waals surface area contributed by atoms with Crippen LogP contribution in [-0.4, -0.2) is 65.9 Å².